The number of amides is 1. The Bertz CT molecular complexity index is 1250. The van der Waals surface area contributed by atoms with Crippen LogP contribution in [0.4, 0.5) is 5.69 Å². The van der Waals surface area contributed by atoms with E-state index in [4.69, 9.17) is 4.98 Å². The number of Topliss-reactive ketones (excluding diaryl/α,β-unsaturated/α-hetero) is 1. The number of rotatable bonds is 5. The summed E-state index contributed by atoms with van der Waals surface area (Å²) >= 11 is 0. The SMILES string of the molecule is CC(=O)c1cccc(NC(=O)Cc2c(C)nc3ccccc3c2-c2ccccc2)c1. The standard InChI is InChI=1S/C26H22N2O2/c1-17-23(16-25(30)28-21-12-8-11-20(15-21)18(2)29)26(19-9-4-3-5-10-19)22-13-6-7-14-24(22)27-17/h3-15H,16H2,1-2H3,(H,28,30). The quantitative estimate of drug-likeness (QED) is 0.449. The molecule has 1 N–H and O–H groups in total. The van der Waals surface area contributed by atoms with Crippen molar-refractivity contribution in [3.8, 4) is 11.1 Å². The molecule has 4 nitrogen and oxygen atoms in total. The number of hydrogen-bond donors (Lipinski definition) is 1. The molecule has 4 aromatic rings. The number of aryl methyl sites for hydroxylation is 1. The fourth-order valence-electron chi connectivity index (χ4n) is 3.71. The van der Waals surface area contributed by atoms with Gasteiger partial charge in [0, 0.05) is 22.3 Å². The summed E-state index contributed by atoms with van der Waals surface area (Å²) < 4.78 is 0. The van der Waals surface area contributed by atoms with Crippen molar-refractivity contribution in [1.29, 1.82) is 0 Å². The second kappa shape index (κ2) is 8.29. The molecule has 4 heteroatoms. The number of pyridine rings is 1. The average molecular weight is 394 g/mol. The van der Waals surface area contributed by atoms with Crippen LogP contribution in [0.25, 0.3) is 22.0 Å². The fraction of sp³-hybridized carbons (Fsp3) is 0.115. The van der Waals surface area contributed by atoms with E-state index in [0.717, 1.165) is 33.3 Å². The Kier molecular flexibility index (Phi) is 5.40. The summed E-state index contributed by atoms with van der Waals surface area (Å²) in [5.41, 5.74) is 5.92. The lowest BCUT2D eigenvalue weighted by Crippen LogP contribution is -2.16. The van der Waals surface area contributed by atoms with Crippen LogP contribution < -0.4 is 5.32 Å². The Morgan fingerprint density at radius 3 is 2.40 bits per heavy atom. The Morgan fingerprint density at radius 2 is 1.63 bits per heavy atom. The van der Waals surface area contributed by atoms with Crippen molar-refractivity contribution >= 4 is 28.3 Å². The predicted molar refractivity (Wildman–Crippen MR) is 121 cm³/mol. The first-order valence-corrected chi connectivity index (χ1v) is 9.87. The highest BCUT2D eigenvalue weighted by Gasteiger charge is 2.17. The molecule has 1 heterocycles. The summed E-state index contributed by atoms with van der Waals surface area (Å²) in [7, 11) is 0. The Balaban J connectivity index is 1.74. The number of nitrogens with zero attached hydrogens (tertiary/aromatic N) is 1. The van der Waals surface area contributed by atoms with Crippen molar-refractivity contribution in [1.82, 2.24) is 4.98 Å². The van der Waals surface area contributed by atoms with Crippen molar-refractivity contribution in [3.63, 3.8) is 0 Å². The first kappa shape index (κ1) is 19.5. The number of carbonyl (C=O) groups excluding carboxylic acids is 2. The third-order valence-electron chi connectivity index (χ3n) is 5.15. The molecule has 3 aromatic carbocycles. The highest BCUT2D eigenvalue weighted by molar-refractivity contribution is 6.01. The van der Waals surface area contributed by atoms with Crippen LogP contribution in [0.2, 0.25) is 0 Å². The first-order chi connectivity index (χ1) is 14.5. The topological polar surface area (TPSA) is 59.1 Å². The number of hydrogen-bond acceptors (Lipinski definition) is 3. The number of carbonyl (C=O) groups is 2. The number of aromatic nitrogens is 1. The highest BCUT2D eigenvalue weighted by Crippen LogP contribution is 2.33. The third-order valence-corrected chi connectivity index (χ3v) is 5.15. The minimum absolute atomic E-state index is 0.0352. The number of ketones is 1. The molecule has 0 aliphatic carbocycles. The molecule has 0 bridgehead atoms. The molecule has 148 valence electrons. The summed E-state index contributed by atoms with van der Waals surface area (Å²) in [4.78, 5) is 29.3. The van der Waals surface area contributed by atoms with Crippen LogP contribution in [-0.2, 0) is 11.2 Å². The molecule has 0 aliphatic rings. The van der Waals surface area contributed by atoms with Crippen molar-refractivity contribution in [2.24, 2.45) is 0 Å². The molecule has 0 spiro atoms. The van der Waals surface area contributed by atoms with E-state index in [1.54, 1.807) is 24.3 Å². The summed E-state index contributed by atoms with van der Waals surface area (Å²) in [6, 6.07) is 25.1. The van der Waals surface area contributed by atoms with Gasteiger partial charge in [0.25, 0.3) is 0 Å². The minimum Gasteiger partial charge on any atom is -0.326 e. The smallest absolute Gasteiger partial charge is 0.228 e. The van der Waals surface area contributed by atoms with Crippen LogP contribution in [0.5, 0.6) is 0 Å². The van der Waals surface area contributed by atoms with Crippen LogP contribution in [0.15, 0.2) is 78.9 Å². The van der Waals surface area contributed by atoms with Crippen LogP contribution in [0.1, 0.15) is 28.5 Å². The molecule has 0 radical (unpaired) electrons. The molecule has 0 atom stereocenters. The fourth-order valence-corrected chi connectivity index (χ4v) is 3.71. The van der Waals surface area contributed by atoms with E-state index >= 15 is 0 Å². The largest absolute Gasteiger partial charge is 0.326 e. The molecular formula is C26H22N2O2. The lowest BCUT2D eigenvalue weighted by atomic mass is 9.92. The van der Waals surface area contributed by atoms with Gasteiger partial charge in [0.05, 0.1) is 11.9 Å². The Hall–Kier alpha value is -3.79. The van der Waals surface area contributed by atoms with Gasteiger partial charge < -0.3 is 5.32 Å². The summed E-state index contributed by atoms with van der Waals surface area (Å²) in [5.74, 6) is -0.180. The average Bonchev–Trinajstić information content (AvgIpc) is 2.75. The van der Waals surface area contributed by atoms with Crippen molar-refractivity contribution in [3.05, 3.63) is 95.7 Å². The predicted octanol–water partition coefficient (Wildman–Crippen LogP) is 5.59. The lowest BCUT2D eigenvalue weighted by molar-refractivity contribution is -0.115. The molecule has 0 fully saturated rings. The number of fused-ring (bicyclic) bond motifs is 1. The highest BCUT2D eigenvalue weighted by atomic mass is 16.1. The Morgan fingerprint density at radius 1 is 0.900 bits per heavy atom. The normalized spacial score (nSPS) is 10.7. The monoisotopic (exact) mass is 394 g/mol. The van der Waals surface area contributed by atoms with Gasteiger partial charge in [-0.15, -0.1) is 0 Å². The van der Waals surface area contributed by atoms with Crippen LogP contribution >= 0.6 is 0 Å². The molecule has 0 aliphatic heterocycles. The summed E-state index contributed by atoms with van der Waals surface area (Å²) in [5, 5.41) is 3.94. The zero-order valence-corrected chi connectivity index (χ0v) is 17.0. The van der Waals surface area contributed by atoms with Gasteiger partial charge in [-0.1, -0.05) is 60.7 Å². The molecule has 0 saturated carbocycles. The van der Waals surface area contributed by atoms with E-state index in [1.165, 1.54) is 6.92 Å². The minimum atomic E-state index is -0.145. The molecule has 1 amide bonds. The van der Waals surface area contributed by atoms with Crippen molar-refractivity contribution in [2.75, 3.05) is 5.32 Å². The zero-order chi connectivity index (χ0) is 21.1. The van der Waals surface area contributed by atoms with E-state index in [1.807, 2.05) is 49.4 Å². The van der Waals surface area contributed by atoms with Gasteiger partial charge in [-0.2, -0.15) is 0 Å². The van der Waals surface area contributed by atoms with Gasteiger partial charge in [0.1, 0.15) is 0 Å². The van der Waals surface area contributed by atoms with Crippen molar-refractivity contribution in [2.45, 2.75) is 20.3 Å². The molecule has 0 saturated heterocycles. The maximum absolute atomic E-state index is 12.9. The molecule has 0 unspecified atom stereocenters. The second-order valence-electron chi connectivity index (χ2n) is 7.30. The third kappa shape index (κ3) is 3.98. The van der Waals surface area contributed by atoms with E-state index < -0.39 is 0 Å². The number of nitrogens with one attached hydrogen (secondary N) is 1. The zero-order valence-electron chi connectivity index (χ0n) is 17.0. The summed E-state index contributed by atoms with van der Waals surface area (Å²) in [6.45, 7) is 3.45. The van der Waals surface area contributed by atoms with E-state index in [-0.39, 0.29) is 18.1 Å². The van der Waals surface area contributed by atoms with Gasteiger partial charge in [-0.05, 0) is 48.7 Å². The molecule has 1 aromatic heterocycles. The van der Waals surface area contributed by atoms with Gasteiger partial charge in [0.15, 0.2) is 5.78 Å². The van der Waals surface area contributed by atoms with Gasteiger partial charge in [0.2, 0.25) is 5.91 Å². The molecular weight excluding hydrogens is 372 g/mol. The van der Waals surface area contributed by atoms with E-state index in [0.29, 0.717) is 11.3 Å². The van der Waals surface area contributed by atoms with Gasteiger partial charge in [-0.3, -0.25) is 14.6 Å². The second-order valence-corrected chi connectivity index (χ2v) is 7.30. The lowest BCUT2D eigenvalue weighted by Gasteiger charge is -2.16. The maximum Gasteiger partial charge on any atom is 0.228 e. The van der Waals surface area contributed by atoms with Crippen molar-refractivity contribution < 1.29 is 9.59 Å². The van der Waals surface area contributed by atoms with E-state index in [9.17, 15) is 9.59 Å². The number of anilines is 1. The van der Waals surface area contributed by atoms with Crippen LogP contribution in [0.3, 0.4) is 0 Å². The van der Waals surface area contributed by atoms with E-state index in [2.05, 4.69) is 17.4 Å². The first-order valence-electron chi connectivity index (χ1n) is 9.87. The van der Waals surface area contributed by atoms with Gasteiger partial charge in [-0.25, -0.2) is 0 Å². The molecule has 4 rings (SSSR count). The summed E-state index contributed by atoms with van der Waals surface area (Å²) in [6.07, 6.45) is 0.193. The number of para-hydroxylation sites is 1. The van der Waals surface area contributed by atoms with Crippen LogP contribution in [-0.4, -0.2) is 16.7 Å². The Labute approximate surface area is 175 Å². The van der Waals surface area contributed by atoms with Crippen LogP contribution in [0, 0.1) is 6.92 Å². The maximum atomic E-state index is 12.9. The molecule has 30 heavy (non-hydrogen) atoms. The van der Waals surface area contributed by atoms with Gasteiger partial charge >= 0.3 is 0 Å². The number of benzene rings is 3.